The lowest BCUT2D eigenvalue weighted by Crippen LogP contribution is -2.20. The lowest BCUT2D eigenvalue weighted by molar-refractivity contribution is -0.138. The first kappa shape index (κ1) is 13.5. The highest BCUT2D eigenvalue weighted by Crippen LogP contribution is 2.28. The van der Waals surface area contributed by atoms with E-state index >= 15 is 0 Å². The van der Waals surface area contributed by atoms with Gasteiger partial charge in [-0.1, -0.05) is 12.1 Å². The molecule has 0 aliphatic rings. The number of hydrogen-bond donors (Lipinski definition) is 1. The van der Waals surface area contributed by atoms with E-state index < -0.39 is 24.6 Å². The van der Waals surface area contributed by atoms with Gasteiger partial charge in [-0.25, -0.2) is 4.79 Å². The summed E-state index contributed by atoms with van der Waals surface area (Å²) < 4.78 is 40.9. The van der Waals surface area contributed by atoms with Crippen LogP contribution in [0.4, 0.5) is 13.2 Å². The van der Waals surface area contributed by atoms with Crippen molar-refractivity contribution in [3.8, 4) is 0 Å². The molecule has 1 aromatic rings. The van der Waals surface area contributed by atoms with Gasteiger partial charge in [0.25, 0.3) is 0 Å². The van der Waals surface area contributed by atoms with Crippen LogP contribution >= 0.6 is 0 Å². The van der Waals surface area contributed by atoms with E-state index in [-0.39, 0.29) is 11.1 Å². The van der Waals surface area contributed by atoms with Crippen molar-refractivity contribution in [2.45, 2.75) is 18.6 Å². The Morgan fingerprint density at radius 3 is 2.65 bits per heavy atom. The molecule has 0 aromatic heterocycles. The Bertz CT molecular complexity index is 404. The lowest BCUT2D eigenvalue weighted by Gasteiger charge is -2.14. The molecule has 0 fully saturated rings. The average molecular weight is 247 g/mol. The molecule has 0 bridgehead atoms. The summed E-state index contributed by atoms with van der Waals surface area (Å²) in [6.45, 7) is 0. The molecule has 1 atom stereocenters. The molecule has 0 heterocycles. The third-order valence-corrected chi connectivity index (χ3v) is 2.19. The first-order valence-electron chi connectivity index (χ1n) is 4.84. The van der Waals surface area contributed by atoms with Gasteiger partial charge < -0.3 is 10.5 Å². The van der Waals surface area contributed by atoms with Crippen LogP contribution in [0.2, 0.25) is 0 Å². The second-order valence-electron chi connectivity index (χ2n) is 3.54. The first-order chi connectivity index (χ1) is 7.83. The summed E-state index contributed by atoms with van der Waals surface area (Å²) in [5.41, 5.74) is 5.86. The number of methoxy groups -OCH3 is 1. The van der Waals surface area contributed by atoms with Gasteiger partial charge in [0, 0.05) is 6.04 Å². The largest absolute Gasteiger partial charge is 0.465 e. The third-order valence-electron chi connectivity index (χ3n) is 2.19. The number of hydrogen-bond acceptors (Lipinski definition) is 3. The summed E-state index contributed by atoms with van der Waals surface area (Å²) in [4.78, 5) is 11.2. The number of alkyl halides is 3. The molecule has 94 valence electrons. The highest BCUT2D eigenvalue weighted by Gasteiger charge is 2.31. The molecule has 0 amide bonds. The topological polar surface area (TPSA) is 52.3 Å². The van der Waals surface area contributed by atoms with Crippen molar-refractivity contribution in [1.82, 2.24) is 0 Å². The van der Waals surface area contributed by atoms with Gasteiger partial charge in [-0.15, -0.1) is 0 Å². The van der Waals surface area contributed by atoms with E-state index in [2.05, 4.69) is 4.74 Å². The Morgan fingerprint density at radius 2 is 2.12 bits per heavy atom. The number of carbonyl (C=O) groups is 1. The van der Waals surface area contributed by atoms with Gasteiger partial charge in [0.15, 0.2) is 0 Å². The Hall–Kier alpha value is -1.56. The van der Waals surface area contributed by atoms with Crippen molar-refractivity contribution in [2.24, 2.45) is 5.73 Å². The van der Waals surface area contributed by atoms with E-state index in [1.54, 1.807) is 0 Å². The summed E-state index contributed by atoms with van der Waals surface area (Å²) in [6, 6.07) is 4.50. The van der Waals surface area contributed by atoms with E-state index in [1.807, 2.05) is 0 Å². The Morgan fingerprint density at radius 1 is 1.47 bits per heavy atom. The smallest absolute Gasteiger partial charge is 0.390 e. The number of nitrogens with two attached hydrogens (primary N) is 1. The fourth-order valence-electron chi connectivity index (χ4n) is 1.38. The minimum absolute atomic E-state index is 0.183. The molecular weight excluding hydrogens is 235 g/mol. The van der Waals surface area contributed by atoms with Crippen molar-refractivity contribution in [2.75, 3.05) is 7.11 Å². The molecular formula is C11H12F3NO2. The van der Waals surface area contributed by atoms with Gasteiger partial charge in [-0.2, -0.15) is 13.2 Å². The van der Waals surface area contributed by atoms with E-state index in [4.69, 9.17) is 5.73 Å². The van der Waals surface area contributed by atoms with Gasteiger partial charge in [-0.3, -0.25) is 0 Å². The fraction of sp³-hybridized carbons (Fsp3) is 0.364. The highest BCUT2D eigenvalue weighted by atomic mass is 19.4. The van der Waals surface area contributed by atoms with Crippen molar-refractivity contribution in [3.05, 3.63) is 35.4 Å². The fourth-order valence-corrected chi connectivity index (χ4v) is 1.38. The summed E-state index contributed by atoms with van der Waals surface area (Å²) in [5, 5.41) is 0. The number of esters is 1. The van der Waals surface area contributed by atoms with Crippen LogP contribution in [0.15, 0.2) is 24.3 Å². The van der Waals surface area contributed by atoms with Crippen molar-refractivity contribution in [3.63, 3.8) is 0 Å². The number of benzene rings is 1. The van der Waals surface area contributed by atoms with E-state index in [1.165, 1.54) is 31.4 Å². The summed E-state index contributed by atoms with van der Waals surface area (Å²) in [7, 11) is 1.20. The van der Waals surface area contributed by atoms with Crippen LogP contribution in [0.25, 0.3) is 0 Å². The van der Waals surface area contributed by atoms with Crippen molar-refractivity contribution < 1.29 is 22.7 Å². The number of ether oxygens (including phenoxy) is 1. The lowest BCUT2D eigenvalue weighted by atomic mass is 10.0. The summed E-state index contributed by atoms with van der Waals surface area (Å²) in [6.07, 6.45) is -5.46. The van der Waals surface area contributed by atoms with Crippen LogP contribution in [0.3, 0.4) is 0 Å². The van der Waals surface area contributed by atoms with E-state index in [0.717, 1.165) is 0 Å². The van der Waals surface area contributed by atoms with Crippen LogP contribution in [-0.2, 0) is 4.74 Å². The maximum atomic E-state index is 12.1. The third kappa shape index (κ3) is 4.07. The minimum Gasteiger partial charge on any atom is -0.465 e. The first-order valence-corrected chi connectivity index (χ1v) is 4.84. The van der Waals surface area contributed by atoms with Gasteiger partial charge in [0.1, 0.15) is 0 Å². The average Bonchev–Trinajstić information content (AvgIpc) is 2.26. The number of carbonyl (C=O) groups excluding carboxylic acids is 1. The van der Waals surface area contributed by atoms with Gasteiger partial charge in [-0.05, 0) is 17.7 Å². The standard InChI is InChI=1S/C11H12F3NO2/c1-17-10(16)8-4-2-3-7(5-8)9(15)6-11(12,13)14/h2-5,9H,6,15H2,1H3/t9-/m1/s1. The van der Waals surface area contributed by atoms with Gasteiger partial charge in [0.05, 0.1) is 19.1 Å². The SMILES string of the molecule is COC(=O)c1cccc([C@H](N)CC(F)(F)F)c1. The van der Waals surface area contributed by atoms with Gasteiger partial charge in [0.2, 0.25) is 0 Å². The maximum Gasteiger partial charge on any atom is 0.390 e. The molecule has 2 N–H and O–H groups in total. The van der Waals surface area contributed by atoms with Crippen LogP contribution in [0.5, 0.6) is 0 Å². The molecule has 0 saturated carbocycles. The van der Waals surface area contributed by atoms with Crippen molar-refractivity contribution >= 4 is 5.97 Å². The quantitative estimate of drug-likeness (QED) is 0.834. The number of halogens is 3. The zero-order valence-electron chi connectivity index (χ0n) is 9.12. The van der Waals surface area contributed by atoms with E-state index in [9.17, 15) is 18.0 Å². The molecule has 0 aliphatic heterocycles. The van der Waals surface area contributed by atoms with Gasteiger partial charge >= 0.3 is 12.1 Å². The molecule has 1 aromatic carbocycles. The molecule has 6 heteroatoms. The van der Waals surface area contributed by atoms with Crippen molar-refractivity contribution in [1.29, 1.82) is 0 Å². The normalized spacial score (nSPS) is 13.2. The highest BCUT2D eigenvalue weighted by molar-refractivity contribution is 5.89. The Labute approximate surface area is 96.4 Å². The predicted octanol–water partition coefficient (Wildman–Crippen LogP) is 2.43. The molecule has 0 radical (unpaired) electrons. The number of rotatable bonds is 3. The molecule has 3 nitrogen and oxygen atoms in total. The summed E-state index contributed by atoms with van der Waals surface area (Å²) >= 11 is 0. The molecule has 0 aliphatic carbocycles. The Balaban J connectivity index is 2.88. The monoisotopic (exact) mass is 247 g/mol. The predicted molar refractivity (Wildman–Crippen MR) is 55.4 cm³/mol. The van der Waals surface area contributed by atoms with Crippen LogP contribution in [0, 0.1) is 0 Å². The molecule has 1 rings (SSSR count). The summed E-state index contributed by atoms with van der Waals surface area (Å²) in [5.74, 6) is -0.606. The van der Waals surface area contributed by atoms with Crippen LogP contribution in [0.1, 0.15) is 28.4 Å². The molecule has 0 unspecified atom stereocenters. The maximum absolute atomic E-state index is 12.1. The zero-order valence-corrected chi connectivity index (χ0v) is 9.12. The Kier molecular flexibility index (Phi) is 4.11. The second kappa shape index (κ2) is 5.18. The zero-order chi connectivity index (χ0) is 13.1. The molecule has 17 heavy (non-hydrogen) atoms. The molecule has 0 saturated heterocycles. The van der Waals surface area contributed by atoms with E-state index in [0.29, 0.717) is 0 Å². The van der Waals surface area contributed by atoms with Crippen LogP contribution < -0.4 is 5.73 Å². The second-order valence-corrected chi connectivity index (χ2v) is 3.54. The molecule has 0 spiro atoms. The minimum atomic E-state index is -4.33. The van der Waals surface area contributed by atoms with Crippen LogP contribution in [-0.4, -0.2) is 19.3 Å².